The van der Waals surface area contributed by atoms with Crippen LogP contribution >= 0.6 is 0 Å². The molecule has 0 saturated heterocycles. The van der Waals surface area contributed by atoms with Gasteiger partial charge in [0.15, 0.2) is 5.84 Å². The maximum absolute atomic E-state index is 5.39. The zero-order chi connectivity index (χ0) is 36.3. The van der Waals surface area contributed by atoms with E-state index in [1.165, 1.54) is 16.3 Å². The third kappa shape index (κ3) is 6.46. The lowest BCUT2D eigenvalue weighted by Crippen LogP contribution is -2.28. The Labute approximate surface area is 317 Å². The van der Waals surface area contributed by atoms with E-state index in [-0.39, 0.29) is 12.0 Å². The molecule has 1 aliphatic heterocycles. The highest BCUT2D eigenvalue weighted by Gasteiger charge is 2.31. The van der Waals surface area contributed by atoms with E-state index in [1.807, 2.05) is 6.07 Å². The molecule has 258 valence electrons. The molecule has 3 nitrogen and oxygen atoms in total. The minimum atomic E-state index is -0.0688. The van der Waals surface area contributed by atoms with Crippen LogP contribution in [0.15, 0.2) is 204 Å². The summed E-state index contributed by atoms with van der Waals surface area (Å²) in [5.41, 5.74) is 13.2. The molecule has 7 aromatic carbocycles. The van der Waals surface area contributed by atoms with Gasteiger partial charge < -0.3 is 0 Å². The molecule has 0 amide bonds. The van der Waals surface area contributed by atoms with Crippen molar-refractivity contribution in [2.75, 3.05) is 0 Å². The summed E-state index contributed by atoms with van der Waals surface area (Å²) in [6.07, 6.45) is 0.924. The van der Waals surface area contributed by atoms with Gasteiger partial charge in [0, 0.05) is 22.6 Å². The number of aromatic nitrogens is 1. The minimum Gasteiger partial charge on any atom is -0.257 e. The van der Waals surface area contributed by atoms with Crippen molar-refractivity contribution in [1.29, 1.82) is 0 Å². The Hall–Kier alpha value is -6.71. The number of hydrogen-bond acceptors (Lipinski definition) is 3. The van der Waals surface area contributed by atoms with Crippen LogP contribution in [0.3, 0.4) is 0 Å². The van der Waals surface area contributed by atoms with Crippen LogP contribution in [0, 0.1) is 5.92 Å². The average Bonchev–Trinajstić information content (AvgIpc) is 3.26. The first-order chi connectivity index (χ1) is 26.7. The molecule has 0 bridgehead atoms. The Morgan fingerprint density at radius 2 is 1.04 bits per heavy atom. The van der Waals surface area contributed by atoms with Crippen LogP contribution in [0.25, 0.3) is 55.5 Å². The summed E-state index contributed by atoms with van der Waals surface area (Å²) in [6, 6.07) is 68.6. The van der Waals surface area contributed by atoms with Crippen molar-refractivity contribution >= 4 is 22.3 Å². The molecule has 0 fully saturated rings. The van der Waals surface area contributed by atoms with E-state index in [4.69, 9.17) is 15.0 Å². The fraction of sp³-hybridized carbons (Fsp3) is 0.0784. The Morgan fingerprint density at radius 1 is 0.463 bits per heavy atom. The Kier molecular flexibility index (Phi) is 9.04. The number of rotatable bonds is 8. The first kappa shape index (κ1) is 33.1. The SMILES string of the molecule is CCC1C(c2ccccc2)=NC(c2ccccc2)=NC1c1ccc(-c2ccc3ccccc3c2-c2cc(-c3ccccc3)cc(-c3ccccc3)n2)cc1. The summed E-state index contributed by atoms with van der Waals surface area (Å²) in [4.78, 5) is 16.0. The molecule has 0 saturated carbocycles. The summed E-state index contributed by atoms with van der Waals surface area (Å²) < 4.78 is 0. The third-order valence-corrected chi connectivity index (χ3v) is 10.5. The van der Waals surface area contributed by atoms with E-state index in [0.29, 0.717) is 0 Å². The molecule has 3 heteroatoms. The fourth-order valence-corrected chi connectivity index (χ4v) is 7.80. The topological polar surface area (TPSA) is 37.6 Å². The monoisotopic (exact) mass is 693 g/mol. The van der Waals surface area contributed by atoms with Gasteiger partial charge in [-0.25, -0.2) is 9.98 Å². The number of amidine groups is 1. The number of hydrogen-bond donors (Lipinski definition) is 0. The Balaban J connectivity index is 1.18. The quantitative estimate of drug-likeness (QED) is 0.156. The predicted octanol–water partition coefficient (Wildman–Crippen LogP) is 12.9. The summed E-state index contributed by atoms with van der Waals surface area (Å²) in [5.74, 6) is 0.923. The average molecular weight is 694 g/mol. The van der Waals surface area contributed by atoms with E-state index in [1.54, 1.807) is 0 Å². The summed E-state index contributed by atoms with van der Waals surface area (Å²) in [7, 11) is 0. The molecular formula is C51H39N3. The van der Waals surface area contributed by atoms with E-state index in [0.717, 1.165) is 73.9 Å². The summed E-state index contributed by atoms with van der Waals surface area (Å²) in [5, 5.41) is 2.36. The van der Waals surface area contributed by atoms with Gasteiger partial charge in [0.2, 0.25) is 0 Å². The zero-order valence-corrected chi connectivity index (χ0v) is 30.2. The number of benzene rings is 7. The molecule has 1 aliphatic rings. The van der Waals surface area contributed by atoms with Crippen LogP contribution in [0.5, 0.6) is 0 Å². The highest BCUT2D eigenvalue weighted by Crippen LogP contribution is 2.42. The van der Waals surface area contributed by atoms with Gasteiger partial charge in [0.25, 0.3) is 0 Å². The second-order valence-corrected chi connectivity index (χ2v) is 13.8. The van der Waals surface area contributed by atoms with Gasteiger partial charge in [-0.1, -0.05) is 189 Å². The van der Waals surface area contributed by atoms with Crippen LogP contribution in [0.4, 0.5) is 0 Å². The van der Waals surface area contributed by atoms with E-state index in [2.05, 4.69) is 195 Å². The molecular weight excluding hydrogens is 655 g/mol. The van der Waals surface area contributed by atoms with E-state index < -0.39 is 0 Å². The number of aliphatic imine (C=N–C) groups is 2. The molecule has 2 unspecified atom stereocenters. The highest BCUT2D eigenvalue weighted by atomic mass is 15.0. The van der Waals surface area contributed by atoms with Crippen LogP contribution < -0.4 is 0 Å². The van der Waals surface area contributed by atoms with Crippen molar-refractivity contribution in [1.82, 2.24) is 4.98 Å². The van der Waals surface area contributed by atoms with Gasteiger partial charge in [0.1, 0.15) is 0 Å². The standard InChI is InChI=1S/C51H39N3/c1-2-43-49(39-22-11-5-12-23-39)53-51(41-24-13-6-14-25-41)54-50(43)40-29-27-37(28-30-40)45-32-31-36-19-15-16-26-44(36)48(45)47-34-42(35-17-7-3-8-18-35)33-46(52-47)38-20-9-4-10-21-38/h3-34,43,50H,2H2,1H3. The van der Waals surface area contributed by atoms with Gasteiger partial charge in [-0.3, -0.25) is 4.99 Å². The number of pyridine rings is 1. The number of fused-ring (bicyclic) bond motifs is 1. The van der Waals surface area contributed by atoms with Gasteiger partial charge in [0.05, 0.1) is 23.1 Å². The Bertz CT molecular complexity index is 2550. The van der Waals surface area contributed by atoms with Gasteiger partial charge >= 0.3 is 0 Å². The second-order valence-electron chi connectivity index (χ2n) is 13.8. The molecule has 2 atom stereocenters. The molecule has 9 rings (SSSR count). The molecule has 0 radical (unpaired) electrons. The lowest BCUT2D eigenvalue weighted by molar-refractivity contribution is 0.532. The predicted molar refractivity (Wildman–Crippen MR) is 226 cm³/mol. The molecule has 2 heterocycles. The molecule has 0 N–H and O–H groups in total. The lowest BCUT2D eigenvalue weighted by atomic mass is 9.82. The maximum Gasteiger partial charge on any atom is 0.155 e. The lowest BCUT2D eigenvalue weighted by Gasteiger charge is -2.30. The molecule has 0 aliphatic carbocycles. The van der Waals surface area contributed by atoms with Crippen LogP contribution in [0.1, 0.15) is 36.1 Å². The van der Waals surface area contributed by atoms with Crippen LogP contribution in [-0.2, 0) is 0 Å². The Morgan fingerprint density at radius 3 is 1.70 bits per heavy atom. The van der Waals surface area contributed by atoms with Crippen molar-refractivity contribution in [2.45, 2.75) is 19.4 Å². The fourth-order valence-electron chi connectivity index (χ4n) is 7.80. The summed E-state index contributed by atoms with van der Waals surface area (Å²) >= 11 is 0. The summed E-state index contributed by atoms with van der Waals surface area (Å²) in [6.45, 7) is 2.25. The van der Waals surface area contributed by atoms with Crippen molar-refractivity contribution in [3.63, 3.8) is 0 Å². The van der Waals surface area contributed by atoms with Gasteiger partial charge in [-0.05, 0) is 62.7 Å². The maximum atomic E-state index is 5.39. The molecule has 8 aromatic rings. The van der Waals surface area contributed by atoms with Crippen LogP contribution in [0.2, 0.25) is 0 Å². The normalized spacial score (nSPS) is 15.4. The smallest absolute Gasteiger partial charge is 0.155 e. The molecule has 54 heavy (non-hydrogen) atoms. The van der Waals surface area contributed by atoms with E-state index >= 15 is 0 Å². The largest absolute Gasteiger partial charge is 0.257 e. The van der Waals surface area contributed by atoms with E-state index in [9.17, 15) is 0 Å². The first-order valence-corrected chi connectivity index (χ1v) is 18.8. The molecule has 1 aromatic heterocycles. The zero-order valence-electron chi connectivity index (χ0n) is 30.2. The van der Waals surface area contributed by atoms with Crippen molar-refractivity contribution in [3.05, 3.63) is 211 Å². The second kappa shape index (κ2) is 14.7. The minimum absolute atomic E-state index is 0.0688. The van der Waals surface area contributed by atoms with Gasteiger partial charge in [-0.15, -0.1) is 0 Å². The van der Waals surface area contributed by atoms with Crippen LogP contribution in [-0.4, -0.2) is 16.5 Å². The van der Waals surface area contributed by atoms with Crippen molar-refractivity contribution in [3.8, 4) is 44.8 Å². The highest BCUT2D eigenvalue weighted by molar-refractivity contribution is 6.15. The first-order valence-electron chi connectivity index (χ1n) is 18.8. The number of nitrogens with zero attached hydrogens (tertiary/aromatic N) is 3. The third-order valence-electron chi connectivity index (χ3n) is 10.5. The van der Waals surface area contributed by atoms with Crippen molar-refractivity contribution < 1.29 is 0 Å². The van der Waals surface area contributed by atoms with Crippen molar-refractivity contribution in [2.24, 2.45) is 15.9 Å². The molecule has 0 spiro atoms. The van der Waals surface area contributed by atoms with Gasteiger partial charge in [-0.2, -0.15) is 0 Å².